The number of anilines is 1. The molecule has 4 rings (SSSR count). The second-order valence-electron chi connectivity index (χ2n) is 5.95. The van der Waals surface area contributed by atoms with Gasteiger partial charge in [0.1, 0.15) is 5.54 Å². The zero-order valence-electron chi connectivity index (χ0n) is 11.6. The lowest BCUT2D eigenvalue weighted by Crippen LogP contribution is -2.37. The van der Waals surface area contributed by atoms with E-state index < -0.39 is 0 Å². The van der Waals surface area contributed by atoms with E-state index >= 15 is 0 Å². The molecule has 2 aromatic carbocycles. The van der Waals surface area contributed by atoms with Gasteiger partial charge >= 0.3 is 0 Å². The molecule has 0 bridgehead atoms. The van der Waals surface area contributed by atoms with Crippen molar-refractivity contribution in [1.29, 1.82) is 0 Å². The quantitative estimate of drug-likeness (QED) is 0.822. The second-order valence-corrected chi connectivity index (χ2v) is 5.95. The van der Waals surface area contributed by atoms with Gasteiger partial charge in [-0.05, 0) is 37.5 Å². The molecule has 0 atom stereocenters. The van der Waals surface area contributed by atoms with Crippen molar-refractivity contribution in [2.45, 2.75) is 31.8 Å². The van der Waals surface area contributed by atoms with E-state index in [1.165, 1.54) is 5.56 Å². The van der Waals surface area contributed by atoms with E-state index in [1.807, 2.05) is 19.1 Å². The number of carbonyl (C=O) groups excluding carboxylic acids is 1. The largest absolute Gasteiger partial charge is 0.353 e. The van der Waals surface area contributed by atoms with Crippen molar-refractivity contribution in [2.75, 3.05) is 4.90 Å². The van der Waals surface area contributed by atoms with Crippen molar-refractivity contribution in [3.8, 4) is 0 Å². The highest BCUT2D eigenvalue weighted by Crippen LogP contribution is 2.53. The van der Waals surface area contributed by atoms with Crippen molar-refractivity contribution in [2.24, 2.45) is 0 Å². The summed E-state index contributed by atoms with van der Waals surface area (Å²) in [7, 11) is 0. The SMILES string of the molecule is Cc1ccc2c(c1)C(=O)C1(CC1)N2Cc1ccccc1. The Balaban J connectivity index is 1.78. The fourth-order valence-electron chi connectivity index (χ4n) is 3.29. The summed E-state index contributed by atoms with van der Waals surface area (Å²) in [6, 6.07) is 16.7. The fraction of sp³-hybridized carbons (Fsp3) is 0.278. The first kappa shape index (κ1) is 11.7. The minimum absolute atomic E-state index is 0.230. The minimum Gasteiger partial charge on any atom is -0.353 e. The van der Waals surface area contributed by atoms with Crippen molar-refractivity contribution in [1.82, 2.24) is 0 Å². The summed E-state index contributed by atoms with van der Waals surface area (Å²) in [5.74, 6) is 0.326. The van der Waals surface area contributed by atoms with Gasteiger partial charge in [0.05, 0.1) is 0 Å². The van der Waals surface area contributed by atoms with Crippen molar-refractivity contribution < 1.29 is 4.79 Å². The Morgan fingerprint density at radius 2 is 1.85 bits per heavy atom. The number of aryl methyl sites for hydroxylation is 1. The number of fused-ring (bicyclic) bond motifs is 1. The smallest absolute Gasteiger partial charge is 0.190 e. The summed E-state index contributed by atoms with van der Waals surface area (Å²) in [6.45, 7) is 2.87. The number of nitrogens with zero attached hydrogens (tertiary/aromatic N) is 1. The van der Waals surface area contributed by atoms with Gasteiger partial charge in [-0.1, -0.05) is 42.0 Å². The van der Waals surface area contributed by atoms with Gasteiger partial charge < -0.3 is 4.90 Å². The van der Waals surface area contributed by atoms with Gasteiger partial charge in [-0.15, -0.1) is 0 Å². The lowest BCUT2D eigenvalue weighted by atomic mass is 10.1. The molecule has 0 radical (unpaired) electrons. The van der Waals surface area contributed by atoms with Crippen LogP contribution in [0.5, 0.6) is 0 Å². The molecule has 2 aliphatic rings. The molecule has 0 unspecified atom stereocenters. The van der Waals surface area contributed by atoms with E-state index in [9.17, 15) is 4.79 Å². The van der Waals surface area contributed by atoms with Crippen LogP contribution in [0.25, 0.3) is 0 Å². The third-order valence-electron chi connectivity index (χ3n) is 4.53. The Kier molecular flexibility index (Phi) is 2.31. The molecular formula is C18H17NO. The molecule has 20 heavy (non-hydrogen) atoms. The number of ketones is 1. The first-order chi connectivity index (χ1) is 9.71. The first-order valence-electron chi connectivity index (χ1n) is 7.18. The molecule has 1 saturated carbocycles. The Hall–Kier alpha value is -2.09. The number of Topliss-reactive ketones (excluding diaryl/α,β-unsaturated/α-hetero) is 1. The minimum atomic E-state index is -0.230. The molecule has 2 heteroatoms. The van der Waals surface area contributed by atoms with Crippen LogP contribution < -0.4 is 4.90 Å². The average Bonchev–Trinajstić information content (AvgIpc) is 3.23. The predicted octanol–water partition coefficient (Wildman–Crippen LogP) is 3.73. The molecule has 1 fully saturated rings. The number of carbonyl (C=O) groups is 1. The zero-order chi connectivity index (χ0) is 13.7. The van der Waals surface area contributed by atoms with Gasteiger partial charge in [-0.3, -0.25) is 4.79 Å². The summed E-state index contributed by atoms with van der Waals surface area (Å²) in [4.78, 5) is 15.0. The van der Waals surface area contributed by atoms with E-state index in [4.69, 9.17) is 0 Å². The molecule has 1 aliphatic carbocycles. The van der Waals surface area contributed by atoms with E-state index in [0.717, 1.165) is 36.2 Å². The highest BCUT2D eigenvalue weighted by Gasteiger charge is 2.59. The maximum absolute atomic E-state index is 12.7. The summed E-state index contributed by atoms with van der Waals surface area (Å²) in [5, 5.41) is 0. The molecule has 2 nitrogen and oxygen atoms in total. The Morgan fingerprint density at radius 1 is 1.10 bits per heavy atom. The summed E-state index contributed by atoms with van der Waals surface area (Å²) >= 11 is 0. The van der Waals surface area contributed by atoms with E-state index in [1.54, 1.807) is 0 Å². The standard InChI is InChI=1S/C18H17NO/c1-13-7-8-16-15(11-13)17(20)18(9-10-18)19(16)12-14-5-3-2-4-6-14/h2-8,11H,9-10,12H2,1H3. The van der Waals surface area contributed by atoms with Crippen molar-refractivity contribution >= 4 is 11.5 Å². The zero-order valence-corrected chi connectivity index (χ0v) is 11.6. The maximum Gasteiger partial charge on any atom is 0.190 e. The van der Waals surface area contributed by atoms with E-state index in [2.05, 4.69) is 41.3 Å². The number of rotatable bonds is 2. The molecule has 0 aromatic heterocycles. The maximum atomic E-state index is 12.7. The molecule has 1 spiro atoms. The topological polar surface area (TPSA) is 20.3 Å². The van der Waals surface area contributed by atoms with E-state index in [-0.39, 0.29) is 5.54 Å². The van der Waals surface area contributed by atoms with Crippen LogP contribution in [0.3, 0.4) is 0 Å². The van der Waals surface area contributed by atoms with Gasteiger partial charge in [0, 0.05) is 17.8 Å². The van der Waals surface area contributed by atoms with E-state index in [0.29, 0.717) is 5.78 Å². The van der Waals surface area contributed by atoms with Crippen LogP contribution >= 0.6 is 0 Å². The van der Waals surface area contributed by atoms with Gasteiger partial charge in [0.2, 0.25) is 0 Å². The highest BCUT2D eigenvalue weighted by molar-refractivity contribution is 6.15. The van der Waals surface area contributed by atoms with Crippen LogP contribution in [-0.4, -0.2) is 11.3 Å². The first-order valence-corrected chi connectivity index (χ1v) is 7.18. The fourth-order valence-corrected chi connectivity index (χ4v) is 3.29. The van der Waals surface area contributed by atoms with Crippen LogP contribution in [0, 0.1) is 6.92 Å². The average molecular weight is 263 g/mol. The van der Waals surface area contributed by atoms with Crippen LogP contribution in [0.4, 0.5) is 5.69 Å². The number of hydrogen-bond donors (Lipinski definition) is 0. The van der Waals surface area contributed by atoms with Crippen LogP contribution in [-0.2, 0) is 6.54 Å². The molecule has 1 heterocycles. The molecule has 100 valence electrons. The van der Waals surface area contributed by atoms with Gasteiger partial charge in [-0.25, -0.2) is 0 Å². The summed E-state index contributed by atoms with van der Waals surface area (Å²) in [6.07, 6.45) is 1.98. The number of hydrogen-bond acceptors (Lipinski definition) is 2. The molecule has 1 aliphatic heterocycles. The second kappa shape index (κ2) is 3.95. The monoisotopic (exact) mass is 263 g/mol. The molecular weight excluding hydrogens is 246 g/mol. The van der Waals surface area contributed by atoms with Gasteiger partial charge in [0.15, 0.2) is 5.78 Å². The molecule has 2 aromatic rings. The normalized spacial score (nSPS) is 18.4. The van der Waals surface area contributed by atoms with Crippen molar-refractivity contribution in [3.63, 3.8) is 0 Å². The van der Waals surface area contributed by atoms with Gasteiger partial charge in [-0.2, -0.15) is 0 Å². The predicted molar refractivity (Wildman–Crippen MR) is 80.1 cm³/mol. The Morgan fingerprint density at radius 3 is 2.55 bits per heavy atom. The lowest BCUT2D eigenvalue weighted by Gasteiger charge is -2.26. The molecule has 0 amide bonds. The third-order valence-corrected chi connectivity index (χ3v) is 4.53. The Labute approximate surface area is 119 Å². The molecule has 0 N–H and O–H groups in total. The third kappa shape index (κ3) is 1.54. The summed E-state index contributed by atoms with van der Waals surface area (Å²) in [5.41, 5.74) is 4.22. The van der Waals surface area contributed by atoms with Crippen LogP contribution in [0.2, 0.25) is 0 Å². The van der Waals surface area contributed by atoms with Gasteiger partial charge in [0.25, 0.3) is 0 Å². The summed E-state index contributed by atoms with van der Waals surface area (Å²) < 4.78 is 0. The van der Waals surface area contributed by atoms with Crippen molar-refractivity contribution in [3.05, 3.63) is 65.2 Å². The van der Waals surface area contributed by atoms with Crippen LogP contribution in [0.15, 0.2) is 48.5 Å². The lowest BCUT2D eigenvalue weighted by molar-refractivity contribution is 0.0958. The highest BCUT2D eigenvalue weighted by atomic mass is 16.1. The van der Waals surface area contributed by atoms with Crippen LogP contribution in [0.1, 0.15) is 34.3 Å². The number of benzene rings is 2. The Bertz CT molecular complexity index is 686. The molecule has 0 saturated heterocycles.